The number of aromatic nitrogens is 2. The zero-order chi connectivity index (χ0) is 19.9. The highest BCUT2D eigenvalue weighted by molar-refractivity contribution is 14.0. The third-order valence-electron chi connectivity index (χ3n) is 4.54. The molecule has 8 heteroatoms. The van der Waals surface area contributed by atoms with Gasteiger partial charge in [-0.25, -0.2) is 4.99 Å². The van der Waals surface area contributed by atoms with E-state index in [0.29, 0.717) is 13.1 Å². The summed E-state index contributed by atoms with van der Waals surface area (Å²) >= 11 is 0. The zero-order valence-corrected chi connectivity index (χ0v) is 19.2. The van der Waals surface area contributed by atoms with Gasteiger partial charge in [0.25, 0.3) is 0 Å². The maximum absolute atomic E-state index is 5.44. The fourth-order valence-corrected chi connectivity index (χ4v) is 3.09. The Morgan fingerprint density at radius 3 is 2.70 bits per heavy atom. The van der Waals surface area contributed by atoms with Crippen molar-refractivity contribution >= 4 is 29.9 Å². The summed E-state index contributed by atoms with van der Waals surface area (Å²) in [5.74, 6) is 2.35. The molecule has 1 aliphatic rings. The Morgan fingerprint density at radius 2 is 1.87 bits per heavy atom. The minimum absolute atomic E-state index is 0. The molecule has 7 nitrogen and oxygen atoms in total. The van der Waals surface area contributed by atoms with E-state index in [1.54, 1.807) is 0 Å². The maximum Gasteiger partial charge on any atom is 0.231 e. The number of hydrogen-bond acceptors (Lipinski definition) is 4. The Hall–Kier alpha value is -2.75. The van der Waals surface area contributed by atoms with Crippen molar-refractivity contribution in [2.75, 3.05) is 13.3 Å². The van der Waals surface area contributed by atoms with Crippen molar-refractivity contribution in [2.45, 2.75) is 26.6 Å². The Balaban J connectivity index is 0.00000256. The molecule has 0 spiro atoms. The van der Waals surface area contributed by atoms with E-state index in [4.69, 9.17) is 9.47 Å². The average molecular weight is 519 g/mol. The number of guanidine groups is 1. The molecule has 0 atom stereocenters. The second kappa shape index (κ2) is 10.9. The van der Waals surface area contributed by atoms with E-state index < -0.39 is 0 Å². The molecule has 4 rings (SSSR count). The van der Waals surface area contributed by atoms with Gasteiger partial charge >= 0.3 is 0 Å². The number of nitrogens with one attached hydrogen (secondary N) is 2. The van der Waals surface area contributed by atoms with Crippen LogP contribution in [0.2, 0.25) is 0 Å². The molecule has 2 N–H and O–H groups in total. The van der Waals surface area contributed by atoms with Gasteiger partial charge in [0, 0.05) is 24.8 Å². The van der Waals surface area contributed by atoms with Gasteiger partial charge in [-0.15, -0.1) is 24.0 Å². The van der Waals surface area contributed by atoms with E-state index in [1.807, 2.05) is 53.5 Å². The molecule has 0 amide bonds. The summed E-state index contributed by atoms with van der Waals surface area (Å²) in [7, 11) is 0. The molecule has 1 aromatic heterocycles. The van der Waals surface area contributed by atoms with Crippen LogP contribution in [-0.4, -0.2) is 29.1 Å². The van der Waals surface area contributed by atoms with Crippen molar-refractivity contribution in [3.63, 3.8) is 0 Å². The topological polar surface area (TPSA) is 72.7 Å². The highest BCUT2D eigenvalue weighted by Crippen LogP contribution is 2.32. The second-order valence-corrected chi connectivity index (χ2v) is 6.77. The zero-order valence-electron chi connectivity index (χ0n) is 16.9. The number of ether oxygens (including phenoxy) is 2. The Labute approximate surface area is 193 Å². The first kappa shape index (κ1) is 21.9. The quantitative estimate of drug-likeness (QED) is 0.284. The van der Waals surface area contributed by atoms with E-state index in [0.717, 1.165) is 41.7 Å². The monoisotopic (exact) mass is 519 g/mol. The first-order valence-corrected chi connectivity index (χ1v) is 9.76. The summed E-state index contributed by atoms with van der Waals surface area (Å²) in [6.45, 7) is 5.10. The van der Waals surface area contributed by atoms with E-state index in [9.17, 15) is 0 Å². The van der Waals surface area contributed by atoms with Crippen LogP contribution in [0.5, 0.6) is 11.5 Å². The first-order valence-electron chi connectivity index (χ1n) is 9.76. The van der Waals surface area contributed by atoms with Crippen molar-refractivity contribution in [3.05, 3.63) is 77.6 Å². The molecule has 0 aliphatic carbocycles. The standard InChI is InChI=1S/C22H25N5O2.HI/c1-2-23-22(24-11-18-8-9-20-21(10-18)29-16-28-20)25-12-19-13-26-27(15-19)14-17-6-4-3-5-7-17;/h3-10,13,15H,2,11-12,14,16H2,1H3,(H2,23,24,25);1H. The van der Waals surface area contributed by atoms with Crippen molar-refractivity contribution < 1.29 is 9.47 Å². The summed E-state index contributed by atoms with van der Waals surface area (Å²) in [4.78, 5) is 4.68. The van der Waals surface area contributed by atoms with Gasteiger partial charge in [0.15, 0.2) is 17.5 Å². The number of benzene rings is 2. The minimum Gasteiger partial charge on any atom is -0.454 e. The smallest absolute Gasteiger partial charge is 0.231 e. The van der Waals surface area contributed by atoms with Crippen molar-refractivity contribution in [2.24, 2.45) is 4.99 Å². The third-order valence-corrected chi connectivity index (χ3v) is 4.54. The van der Waals surface area contributed by atoms with Gasteiger partial charge in [-0.2, -0.15) is 5.10 Å². The molecule has 2 aromatic carbocycles. The normalized spacial score (nSPS) is 12.4. The summed E-state index contributed by atoms with van der Waals surface area (Å²) in [5, 5.41) is 11.1. The van der Waals surface area contributed by atoms with Crippen LogP contribution in [-0.2, 0) is 19.6 Å². The van der Waals surface area contributed by atoms with Crippen LogP contribution in [0, 0.1) is 0 Å². The van der Waals surface area contributed by atoms with Gasteiger partial charge in [-0.3, -0.25) is 4.68 Å². The predicted molar refractivity (Wildman–Crippen MR) is 127 cm³/mol. The molecule has 3 aromatic rings. The molecule has 158 valence electrons. The lowest BCUT2D eigenvalue weighted by Gasteiger charge is -2.11. The summed E-state index contributed by atoms with van der Waals surface area (Å²) in [5.41, 5.74) is 3.40. The Kier molecular flexibility index (Phi) is 7.95. The van der Waals surface area contributed by atoms with Gasteiger partial charge < -0.3 is 20.1 Å². The van der Waals surface area contributed by atoms with Crippen LogP contribution in [0.4, 0.5) is 0 Å². The lowest BCUT2D eigenvalue weighted by Crippen LogP contribution is -2.36. The van der Waals surface area contributed by atoms with E-state index in [2.05, 4.69) is 39.8 Å². The van der Waals surface area contributed by atoms with E-state index in [1.165, 1.54) is 5.56 Å². The van der Waals surface area contributed by atoms with Crippen LogP contribution in [0.3, 0.4) is 0 Å². The minimum atomic E-state index is 0. The number of halogens is 1. The molecule has 1 aliphatic heterocycles. The van der Waals surface area contributed by atoms with Crippen LogP contribution in [0.1, 0.15) is 23.6 Å². The van der Waals surface area contributed by atoms with Gasteiger partial charge in [-0.05, 0) is 30.2 Å². The maximum atomic E-state index is 5.44. The molecule has 0 fully saturated rings. The molecule has 0 unspecified atom stereocenters. The molecular formula is C22H26IN5O2. The predicted octanol–water partition coefficient (Wildman–Crippen LogP) is 3.53. The molecule has 0 radical (unpaired) electrons. The highest BCUT2D eigenvalue weighted by atomic mass is 127. The van der Waals surface area contributed by atoms with Crippen LogP contribution >= 0.6 is 24.0 Å². The molecule has 0 saturated heterocycles. The average Bonchev–Trinajstić information content (AvgIpc) is 3.39. The van der Waals surface area contributed by atoms with Crippen LogP contribution in [0.15, 0.2) is 65.9 Å². The molecule has 2 heterocycles. The van der Waals surface area contributed by atoms with Gasteiger partial charge in [0.2, 0.25) is 6.79 Å². The van der Waals surface area contributed by atoms with E-state index >= 15 is 0 Å². The molecular weight excluding hydrogens is 493 g/mol. The fraction of sp³-hybridized carbons (Fsp3) is 0.273. The SMILES string of the molecule is CCNC(=NCc1cnn(Cc2ccccc2)c1)NCc1ccc2c(c1)OCO2.I. The summed E-state index contributed by atoms with van der Waals surface area (Å²) in [6, 6.07) is 16.3. The second-order valence-electron chi connectivity index (χ2n) is 6.77. The molecule has 0 bridgehead atoms. The van der Waals surface area contributed by atoms with Crippen LogP contribution < -0.4 is 20.1 Å². The van der Waals surface area contributed by atoms with Crippen molar-refractivity contribution in [1.82, 2.24) is 20.4 Å². The van der Waals surface area contributed by atoms with Gasteiger partial charge in [-0.1, -0.05) is 36.4 Å². The van der Waals surface area contributed by atoms with E-state index in [-0.39, 0.29) is 30.8 Å². The number of aliphatic imine (C=N–C) groups is 1. The fourth-order valence-electron chi connectivity index (χ4n) is 3.09. The molecule has 0 saturated carbocycles. The van der Waals surface area contributed by atoms with Crippen LogP contribution in [0.25, 0.3) is 0 Å². The van der Waals surface area contributed by atoms with Gasteiger partial charge in [0.1, 0.15) is 0 Å². The largest absolute Gasteiger partial charge is 0.454 e. The third kappa shape index (κ3) is 5.88. The molecule has 30 heavy (non-hydrogen) atoms. The highest BCUT2D eigenvalue weighted by Gasteiger charge is 2.13. The van der Waals surface area contributed by atoms with Crippen molar-refractivity contribution in [3.8, 4) is 11.5 Å². The first-order chi connectivity index (χ1) is 14.3. The number of rotatable bonds is 7. The Bertz CT molecular complexity index is 975. The summed E-state index contributed by atoms with van der Waals surface area (Å²) < 4.78 is 12.7. The number of nitrogens with zero attached hydrogens (tertiary/aromatic N) is 3. The number of hydrogen-bond donors (Lipinski definition) is 2. The van der Waals surface area contributed by atoms with Gasteiger partial charge in [0.05, 0.1) is 19.3 Å². The van der Waals surface area contributed by atoms with Crippen molar-refractivity contribution in [1.29, 1.82) is 0 Å². The number of fused-ring (bicyclic) bond motifs is 1. The lowest BCUT2D eigenvalue weighted by atomic mass is 10.2. The lowest BCUT2D eigenvalue weighted by molar-refractivity contribution is 0.174. The Morgan fingerprint density at radius 1 is 1.03 bits per heavy atom. The summed E-state index contributed by atoms with van der Waals surface area (Å²) in [6.07, 6.45) is 3.91.